The van der Waals surface area contributed by atoms with Crippen molar-refractivity contribution >= 4 is 66.5 Å². The number of anilines is 2. The Morgan fingerprint density at radius 1 is 0.569 bits per heavy atom. The standard InChI is InChI=1S/C45H48N4O14S2/c1-7-62-36-22-28(16-18-34(36)60-5)38(24-48-42(52)30-12-9-14-32(46-26(3)50)40(30)44(48)54)64(56,57)20-11-21-65(58,59)39(29-17-19-35(61-6)37(23-29)63-8-2)25-49-43(53)31-13-10-15-33(47-27(4)51)41(31)45(49)55/h9-10,12-19,22-23,38-39H,7-8,11,20-21,24-25H2,1-6H3,(H,46,50)(H,47,51). The van der Waals surface area contributed by atoms with E-state index in [1.807, 2.05) is 0 Å². The van der Waals surface area contributed by atoms with Gasteiger partial charge in [-0.2, -0.15) is 0 Å². The highest BCUT2D eigenvalue weighted by Crippen LogP contribution is 2.39. The van der Waals surface area contributed by atoms with Crippen molar-refractivity contribution in [1.29, 1.82) is 0 Å². The molecule has 2 heterocycles. The van der Waals surface area contributed by atoms with Crippen LogP contribution in [0.3, 0.4) is 0 Å². The third-order valence-corrected chi connectivity index (χ3v) is 15.1. The van der Waals surface area contributed by atoms with Gasteiger partial charge in [-0.05, 0) is 79.9 Å². The lowest BCUT2D eigenvalue weighted by Crippen LogP contribution is -2.38. The maximum Gasteiger partial charge on any atom is 0.263 e. The Morgan fingerprint density at radius 3 is 1.29 bits per heavy atom. The van der Waals surface area contributed by atoms with Gasteiger partial charge in [0.2, 0.25) is 11.8 Å². The largest absolute Gasteiger partial charge is 0.493 e. The van der Waals surface area contributed by atoms with E-state index in [0.29, 0.717) is 0 Å². The highest BCUT2D eigenvalue weighted by molar-refractivity contribution is 7.92. The van der Waals surface area contributed by atoms with Gasteiger partial charge in [-0.15, -0.1) is 0 Å². The molecule has 6 amide bonds. The van der Waals surface area contributed by atoms with Crippen LogP contribution in [0.1, 0.15) is 97.2 Å². The molecule has 0 fully saturated rings. The van der Waals surface area contributed by atoms with Crippen molar-refractivity contribution in [2.24, 2.45) is 0 Å². The predicted molar refractivity (Wildman–Crippen MR) is 238 cm³/mol. The molecule has 18 nitrogen and oxygen atoms in total. The molecule has 4 aromatic carbocycles. The third-order valence-electron chi connectivity index (χ3n) is 10.8. The first-order chi connectivity index (χ1) is 30.9. The predicted octanol–water partition coefficient (Wildman–Crippen LogP) is 5.01. The molecule has 0 saturated carbocycles. The highest BCUT2D eigenvalue weighted by Gasteiger charge is 2.44. The molecule has 0 spiro atoms. The fourth-order valence-electron chi connectivity index (χ4n) is 7.84. The minimum absolute atomic E-state index is 0.0466. The van der Waals surface area contributed by atoms with Crippen LogP contribution in [0.25, 0.3) is 0 Å². The smallest absolute Gasteiger partial charge is 0.263 e. The number of imide groups is 2. The average Bonchev–Trinajstić information content (AvgIpc) is 3.64. The summed E-state index contributed by atoms with van der Waals surface area (Å²) in [5.74, 6) is -4.92. The fourth-order valence-corrected chi connectivity index (χ4v) is 11.6. The third kappa shape index (κ3) is 9.82. The number of hydrogen-bond acceptors (Lipinski definition) is 14. The van der Waals surface area contributed by atoms with Crippen LogP contribution in [-0.4, -0.2) is 114 Å². The Hall–Kier alpha value is -6.80. The first-order valence-electron chi connectivity index (χ1n) is 20.4. The molecule has 2 N–H and O–H groups in total. The molecule has 2 aliphatic heterocycles. The van der Waals surface area contributed by atoms with Gasteiger partial charge in [0.25, 0.3) is 23.6 Å². The molecule has 6 rings (SSSR count). The molecule has 2 aliphatic rings. The lowest BCUT2D eigenvalue weighted by molar-refractivity contribution is -0.115. The zero-order valence-corrected chi connectivity index (χ0v) is 38.1. The maximum atomic E-state index is 14.6. The van der Waals surface area contributed by atoms with Gasteiger partial charge in [0, 0.05) is 13.8 Å². The molecule has 0 aromatic heterocycles. The number of fused-ring (bicyclic) bond motifs is 2. The summed E-state index contributed by atoms with van der Waals surface area (Å²) in [5, 5.41) is 1.85. The molecule has 0 radical (unpaired) electrons. The summed E-state index contributed by atoms with van der Waals surface area (Å²) < 4.78 is 80.7. The molecule has 20 heteroatoms. The van der Waals surface area contributed by atoms with Gasteiger partial charge in [-0.1, -0.05) is 24.3 Å². The van der Waals surface area contributed by atoms with Crippen LogP contribution in [-0.2, 0) is 29.3 Å². The van der Waals surface area contributed by atoms with Crippen LogP contribution < -0.4 is 29.6 Å². The van der Waals surface area contributed by atoms with Crippen LogP contribution in [0.15, 0.2) is 72.8 Å². The first-order valence-corrected chi connectivity index (χ1v) is 23.9. The van der Waals surface area contributed by atoms with Crippen molar-refractivity contribution in [2.45, 2.75) is 44.6 Å². The van der Waals surface area contributed by atoms with Gasteiger partial charge in [0.05, 0.1) is 85.7 Å². The van der Waals surface area contributed by atoms with E-state index in [1.165, 1.54) is 101 Å². The second-order valence-electron chi connectivity index (χ2n) is 15.0. The summed E-state index contributed by atoms with van der Waals surface area (Å²) >= 11 is 0. The number of nitrogens with zero attached hydrogens (tertiary/aromatic N) is 2. The van der Waals surface area contributed by atoms with E-state index in [1.54, 1.807) is 13.8 Å². The van der Waals surface area contributed by atoms with Crippen molar-refractivity contribution in [2.75, 3.05) is 62.7 Å². The summed E-state index contributed by atoms with van der Waals surface area (Å²) in [6, 6.07) is 17.2. The number of sulfone groups is 2. The number of methoxy groups -OCH3 is 2. The average molecular weight is 933 g/mol. The number of rotatable bonds is 20. The fraction of sp³-hybridized carbons (Fsp3) is 0.333. The van der Waals surface area contributed by atoms with Gasteiger partial charge >= 0.3 is 0 Å². The van der Waals surface area contributed by atoms with Crippen LogP contribution in [0, 0.1) is 0 Å². The Labute approximate surface area is 376 Å². The van der Waals surface area contributed by atoms with Crippen LogP contribution in [0.2, 0.25) is 0 Å². The van der Waals surface area contributed by atoms with Gasteiger partial charge in [-0.3, -0.25) is 38.6 Å². The van der Waals surface area contributed by atoms with E-state index in [9.17, 15) is 45.6 Å². The zero-order chi connectivity index (χ0) is 47.4. The van der Waals surface area contributed by atoms with Crippen LogP contribution in [0.5, 0.6) is 23.0 Å². The number of amides is 6. The van der Waals surface area contributed by atoms with E-state index < -0.39 is 96.6 Å². The first kappa shape index (κ1) is 47.7. The Bertz CT molecular complexity index is 2620. The number of nitrogens with one attached hydrogen (secondary N) is 2. The number of carbonyl (C=O) groups excluding carboxylic acids is 6. The summed E-state index contributed by atoms with van der Waals surface area (Å²) in [5.41, 5.74) is 0.0428. The van der Waals surface area contributed by atoms with Crippen molar-refractivity contribution in [3.8, 4) is 23.0 Å². The number of benzene rings is 4. The summed E-state index contributed by atoms with van der Waals surface area (Å²) in [6.45, 7) is 4.86. The Balaban J connectivity index is 1.34. The second kappa shape index (κ2) is 19.5. The lowest BCUT2D eigenvalue weighted by Gasteiger charge is -2.25. The second-order valence-corrected chi connectivity index (χ2v) is 19.6. The van der Waals surface area contributed by atoms with Crippen molar-refractivity contribution in [3.63, 3.8) is 0 Å². The SMILES string of the molecule is CCOc1cc(C(CN2C(=O)c3cccc(NC(C)=O)c3C2=O)S(=O)(=O)CCCS(=O)(=O)C(CN2C(=O)c3cccc(NC(C)=O)c3C2=O)c2ccc(OC)c(OCC)c2)ccc1OC. The van der Waals surface area contributed by atoms with Gasteiger partial charge in [0.15, 0.2) is 42.7 Å². The molecule has 0 saturated heterocycles. The summed E-state index contributed by atoms with van der Waals surface area (Å²) in [4.78, 5) is 80.8. The van der Waals surface area contributed by atoms with E-state index in [2.05, 4.69) is 10.6 Å². The molecule has 0 bridgehead atoms. The van der Waals surface area contributed by atoms with Crippen molar-refractivity contribution in [1.82, 2.24) is 9.80 Å². The summed E-state index contributed by atoms with van der Waals surface area (Å²) in [6.07, 6.45) is -0.496. The van der Waals surface area contributed by atoms with E-state index >= 15 is 0 Å². The minimum Gasteiger partial charge on any atom is -0.493 e. The number of carbonyl (C=O) groups is 6. The van der Waals surface area contributed by atoms with Gasteiger partial charge < -0.3 is 29.6 Å². The number of ether oxygens (including phenoxy) is 4. The number of hydrogen-bond donors (Lipinski definition) is 2. The van der Waals surface area contributed by atoms with Crippen molar-refractivity contribution < 1.29 is 64.6 Å². The molecule has 2 unspecified atom stereocenters. The van der Waals surface area contributed by atoms with E-state index in [-0.39, 0.29) is 81.0 Å². The molecule has 344 valence electrons. The van der Waals surface area contributed by atoms with Gasteiger partial charge in [0.1, 0.15) is 10.5 Å². The van der Waals surface area contributed by atoms with Crippen LogP contribution in [0.4, 0.5) is 11.4 Å². The minimum atomic E-state index is -4.47. The van der Waals surface area contributed by atoms with E-state index in [4.69, 9.17) is 18.9 Å². The lowest BCUT2D eigenvalue weighted by atomic mass is 10.1. The molecule has 0 aliphatic carbocycles. The topological polar surface area (TPSA) is 238 Å². The Morgan fingerprint density at radius 2 is 0.954 bits per heavy atom. The maximum absolute atomic E-state index is 14.6. The Kier molecular flexibility index (Phi) is 14.3. The summed E-state index contributed by atoms with van der Waals surface area (Å²) in [7, 11) is -6.15. The highest BCUT2D eigenvalue weighted by atomic mass is 32.2. The quantitative estimate of drug-likeness (QED) is 0.111. The molecular weight excluding hydrogens is 885 g/mol. The monoisotopic (exact) mass is 932 g/mol. The molecule has 4 aromatic rings. The molecule has 65 heavy (non-hydrogen) atoms. The zero-order valence-electron chi connectivity index (χ0n) is 36.5. The normalized spacial score (nSPS) is 14.4. The molecule has 2 atom stereocenters. The van der Waals surface area contributed by atoms with Gasteiger partial charge in [-0.25, -0.2) is 16.8 Å². The van der Waals surface area contributed by atoms with E-state index in [0.717, 1.165) is 9.80 Å². The van der Waals surface area contributed by atoms with Crippen molar-refractivity contribution in [3.05, 3.63) is 106 Å². The molecular formula is C45H48N4O14S2. The van der Waals surface area contributed by atoms with Crippen LogP contribution >= 0.6 is 0 Å².